The van der Waals surface area contributed by atoms with Crippen molar-refractivity contribution in [3.8, 4) is 0 Å². The van der Waals surface area contributed by atoms with Crippen molar-refractivity contribution in [3.63, 3.8) is 0 Å². The SMILES string of the molecule is CC(CS(C)(=O)=O)NC(C)C(=O)NC1CCCC1. The fraction of sp³-hybridized carbons (Fsp3) is 0.917. The molecule has 0 aliphatic heterocycles. The minimum atomic E-state index is -3.01. The van der Waals surface area contributed by atoms with E-state index in [1.807, 2.05) is 0 Å². The second-order valence-electron chi connectivity index (χ2n) is 5.37. The van der Waals surface area contributed by atoms with Gasteiger partial charge in [-0.2, -0.15) is 0 Å². The van der Waals surface area contributed by atoms with Gasteiger partial charge in [-0.15, -0.1) is 0 Å². The molecule has 6 heteroatoms. The molecule has 0 radical (unpaired) electrons. The van der Waals surface area contributed by atoms with E-state index >= 15 is 0 Å². The topological polar surface area (TPSA) is 75.3 Å². The fourth-order valence-electron chi connectivity index (χ4n) is 2.40. The minimum absolute atomic E-state index is 0.0396. The summed E-state index contributed by atoms with van der Waals surface area (Å²) in [4.78, 5) is 11.9. The van der Waals surface area contributed by atoms with E-state index in [4.69, 9.17) is 0 Å². The van der Waals surface area contributed by atoms with Gasteiger partial charge in [0, 0.05) is 18.3 Å². The molecule has 1 aliphatic rings. The molecular formula is C12H24N2O3S. The lowest BCUT2D eigenvalue weighted by molar-refractivity contribution is -0.123. The highest BCUT2D eigenvalue weighted by atomic mass is 32.2. The summed E-state index contributed by atoms with van der Waals surface area (Å²) in [7, 11) is -3.01. The van der Waals surface area contributed by atoms with Crippen molar-refractivity contribution >= 4 is 15.7 Å². The lowest BCUT2D eigenvalue weighted by atomic mass is 10.2. The highest BCUT2D eigenvalue weighted by Gasteiger charge is 2.22. The molecule has 0 saturated heterocycles. The Kier molecular flexibility index (Phi) is 5.59. The molecule has 1 aliphatic carbocycles. The predicted octanol–water partition coefficient (Wildman–Crippen LogP) is 0.456. The average Bonchev–Trinajstić information content (AvgIpc) is 2.66. The van der Waals surface area contributed by atoms with Gasteiger partial charge in [-0.3, -0.25) is 4.79 Å². The van der Waals surface area contributed by atoms with Gasteiger partial charge >= 0.3 is 0 Å². The number of hydrogen-bond acceptors (Lipinski definition) is 4. The Balaban J connectivity index is 2.34. The summed E-state index contributed by atoms with van der Waals surface area (Å²) in [5, 5.41) is 6.01. The lowest BCUT2D eigenvalue weighted by Gasteiger charge is -2.21. The van der Waals surface area contributed by atoms with Crippen LogP contribution >= 0.6 is 0 Å². The second kappa shape index (κ2) is 6.52. The molecule has 0 heterocycles. The fourth-order valence-corrected chi connectivity index (χ4v) is 3.41. The molecule has 2 unspecified atom stereocenters. The lowest BCUT2D eigenvalue weighted by Crippen LogP contribution is -2.49. The third-order valence-corrected chi connectivity index (χ3v) is 4.29. The van der Waals surface area contributed by atoms with Crippen molar-refractivity contribution in [3.05, 3.63) is 0 Å². The molecule has 2 atom stereocenters. The zero-order valence-electron chi connectivity index (χ0n) is 11.4. The number of carbonyl (C=O) groups excluding carboxylic acids is 1. The maximum atomic E-state index is 11.9. The molecule has 18 heavy (non-hydrogen) atoms. The first-order valence-corrected chi connectivity index (χ1v) is 8.58. The van der Waals surface area contributed by atoms with Crippen LogP contribution in [0.1, 0.15) is 39.5 Å². The summed E-state index contributed by atoms with van der Waals surface area (Å²) >= 11 is 0. The average molecular weight is 276 g/mol. The number of carbonyl (C=O) groups is 1. The van der Waals surface area contributed by atoms with E-state index in [0.29, 0.717) is 6.04 Å². The maximum Gasteiger partial charge on any atom is 0.237 e. The van der Waals surface area contributed by atoms with E-state index in [1.54, 1.807) is 13.8 Å². The van der Waals surface area contributed by atoms with Crippen LogP contribution in [-0.2, 0) is 14.6 Å². The van der Waals surface area contributed by atoms with Gasteiger partial charge in [0.2, 0.25) is 5.91 Å². The molecule has 1 saturated carbocycles. The van der Waals surface area contributed by atoms with Crippen LogP contribution in [0.2, 0.25) is 0 Å². The van der Waals surface area contributed by atoms with Crippen LogP contribution in [0.25, 0.3) is 0 Å². The summed E-state index contributed by atoms with van der Waals surface area (Å²) < 4.78 is 22.3. The molecule has 1 fully saturated rings. The first-order chi connectivity index (χ1) is 8.28. The monoisotopic (exact) mass is 276 g/mol. The highest BCUT2D eigenvalue weighted by Crippen LogP contribution is 2.17. The summed E-state index contributed by atoms with van der Waals surface area (Å²) in [5.41, 5.74) is 0. The van der Waals surface area contributed by atoms with E-state index in [2.05, 4.69) is 10.6 Å². The molecule has 5 nitrogen and oxygen atoms in total. The maximum absolute atomic E-state index is 11.9. The zero-order chi connectivity index (χ0) is 13.8. The van der Waals surface area contributed by atoms with Gasteiger partial charge in [-0.1, -0.05) is 12.8 Å². The van der Waals surface area contributed by atoms with Gasteiger partial charge in [0.1, 0.15) is 9.84 Å². The Morgan fingerprint density at radius 2 is 1.83 bits per heavy atom. The van der Waals surface area contributed by atoms with Crippen molar-refractivity contribution in [1.82, 2.24) is 10.6 Å². The molecule has 2 N–H and O–H groups in total. The van der Waals surface area contributed by atoms with Crippen molar-refractivity contribution in [1.29, 1.82) is 0 Å². The number of hydrogen-bond donors (Lipinski definition) is 2. The van der Waals surface area contributed by atoms with Crippen LogP contribution in [0.4, 0.5) is 0 Å². The summed E-state index contributed by atoms with van der Waals surface area (Å²) in [6.07, 6.45) is 5.66. The summed E-state index contributed by atoms with van der Waals surface area (Å²) in [5.74, 6) is 0.0101. The number of sulfone groups is 1. The van der Waals surface area contributed by atoms with Gasteiger partial charge in [0.05, 0.1) is 11.8 Å². The Morgan fingerprint density at radius 3 is 2.33 bits per heavy atom. The Hall–Kier alpha value is -0.620. The Morgan fingerprint density at radius 1 is 1.28 bits per heavy atom. The van der Waals surface area contributed by atoms with Gasteiger partial charge in [-0.05, 0) is 26.7 Å². The third-order valence-electron chi connectivity index (χ3n) is 3.18. The zero-order valence-corrected chi connectivity index (χ0v) is 12.2. The molecule has 0 aromatic rings. The number of nitrogens with one attached hydrogen (secondary N) is 2. The van der Waals surface area contributed by atoms with Crippen LogP contribution < -0.4 is 10.6 Å². The van der Waals surface area contributed by atoms with Gasteiger partial charge in [0.25, 0.3) is 0 Å². The van der Waals surface area contributed by atoms with Crippen molar-refractivity contribution < 1.29 is 13.2 Å². The highest BCUT2D eigenvalue weighted by molar-refractivity contribution is 7.90. The molecule has 1 rings (SSSR count). The molecule has 106 valence electrons. The van der Waals surface area contributed by atoms with Gasteiger partial charge in [-0.25, -0.2) is 8.42 Å². The standard InChI is InChI=1S/C12H24N2O3S/c1-9(8-18(3,16)17)13-10(2)12(15)14-11-6-4-5-7-11/h9-11,13H,4-8H2,1-3H3,(H,14,15). The molecule has 0 aromatic heterocycles. The van der Waals surface area contributed by atoms with Crippen LogP contribution in [0.15, 0.2) is 0 Å². The first-order valence-electron chi connectivity index (χ1n) is 6.52. The summed E-state index contributed by atoms with van der Waals surface area (Å²) in [6, 6.07) is -0.279. The first kappa shape index (κ1) is 15.4. The van der Waals surface area contributed by atoms with E-state index in [1.165, 1.54) is 19.1 Å². The Labute approximate surface area is 110 Å². The van der Waals surface area contributed by atoms with Crippen LogP contribution in [-0.4, -0.2) is 44.5 Å². The van der Waals surface area contributed by atoms with Gasteiger partial charge in [0.15, 0.2) is 0 Å². The normalized spacial score (nSPS) is 20.6. The third kappa shape index (κ3) is 5.82. The molecule has 0 spiro atoms. The molecule has 0 bridgehead atoms. The van der Waals surface area contributed by atoms with Crippen molar-refractivity contribution in [2.24, 2.45) is 0 Å². The van der Waals surface area contributed by atoms with Crippen LogP contribution in [0.3, 0.4) is 0 Å². The van der Waals surface area contributed by atoms with Gasteiger partial charge < -0.3 is 10.6 Å². The second-order valence-corrected chi connectivity index (χ2v) is 7.56. The van der Waals surface area contributed by atoms with Crippen LogP contribution in [0.5, 0.6) is 0 Å². The molecule has 1 amide bonds. The largest absolute Gasteiger partial charge is 0.352 e. The minimum Gasteiger partial charge on any atom is -0.352 e. The molecule has 0 aromatic carbocycles. The van der Waals surface area contributed by atoms with Crippen molar-refractivity contribution in [2.75, 3.05) is 12.0 Å². The predicted molar refractivity (Wildman–Crippen MR) is 72.2 cm³/mol. The van der Waals surface area contributed by atoms with E-state index in [0.717, 1.165) is 12.8 Å². The van der Waals surface area contributed by atoms with E-state index < -0.39 is 9.84 Å². The molecular weight excluding hydrogens is 252 g/mol. The Bertz CT molecular complexity index is 375. The number of rotatable bonds is 6. The van der Waals surface area contributed by atoms with Crippen molar-refractivity contribution in [2.45, 2.75) is 57.7 Å². The van der Waals surface area contributed by atoms with E-state index in [9.17, 15) is 13.2 Å². The van der Waals surface area contributed by atoms with Crippen LogP contribution in [0, 0.1) is 0 Å². The van der Waals surface area contributed by atoms with E-state index in [-0.39, 0.29) is 23.7 Å². The summed E-state index contributed by atoms with van der Waals surface area (Å²) in [6.45, 7) is 3.55. The smallest absolute Gasteiger partial charge is 0.237 e. The quantitative estimate of drug-likeness (QED) is 0.739. The number of amides is 1.